The van der Waals surface area contributed by atoms with Gasteiger partial charge in [0.05, 0.1) is 17.4 Å². The topological polar surface area (TPSA) is 24.9 Å². The zero-order valence-corrected chi connectivity index (χ0v) is 14.4. The quantitative estimate of drug-likeness (QED) is 0.487. The molecular weight excluding hydrogens is 316 g/mol. The van der Waals surface area contributed by atoms with Crippen molar-refractivity contribution < 1.29 is 0 Å². The number of anilines is 1. The zero-order chi connectivity index (χ0) is 17.6. The first-order valence-corrected chi connectivity index (χ1v) is 8.79. The zero-order valence-electron chi connectivity index (χ0n) is 14.4. The highest BCUT2D eigenvalue weighted by Crippen LogP contribution is 2.27. The third-order valence-corrected chi connectivity index (χ3v) is 4.35. The molecule has 0 saturated heterocycles. The average molecular weight is 336 g/mol. The van der Waals surface area contributed by atoms with Crippen LogP contribution >= 0.6 is 0 Å². The van der Waals surface area contributed by atoms with Crippen LogP contribution in [-0.4, -0.2) is 4.98 Å². The fraction of sp³-hybridized carbons (Fsp3) is 0.0417. The van der Waals surface area contributed by atoms with Crippen LogP contribution in [0.4, 0.5) is 5.69 Å². The maximum absolute atomic E-state index is 4.95. The number of aromatic nitrogens is 1. The summed E-state index contributed by atoms with van der Waals surface area (Å²) in [6, 6.07) is 37.2. The highest BCUT2D eigenvalue weighted by atomic mass is 14.9. The molecule has 0 aliphatic carbocycles. The minimum absolute atomic E-state index is 0.0118. The lowest BCUT2D eigenvalue weighted by atomic mass is 10.0. The first-order chi connectivity index (χ1) is 12.9. The van der Waals surface area contributed by atoms with Gasteiger partial charge in [-0.3, -0.25) is 4.98 Å². The van der Waals surface area contributed by atoms with E-state index < -0.39 is 0 Å². The minimum Gasteiger partial charge on any atom is -0.373 e. The molecule has 0 aliphatic heterocycles. The van der Waals surface area contributed by atoms with Gasteiger partial charge in [-0.05, 0) is 29.8 Å². The molecule has 2 nitrogen and oxygen atoms in total. The van der Waals surface area contributed by atoms with Gasteiger partial charge in [0.1, 0.15) is 0 Å². The van der Waals surface area contributed by atoms with Gasteiger partial charge >= 0.3 is 0 Å². The lowest BCUT2D eigenvalue weighted by Gasteiger charge is -2.21. The molecule has 0 radical (unpaired) electrons. The Bertz CT molecular complexity index is 951. The van der Waals surface area contributed by atoms with Crippen LogP contribution in [0.5, 0.6) is 0 Å². The second-order valence-corrected chi connectivity index (χ2v) is 6.17. The van der Waals surface area contributed by atoms with Crippen LogP contribution in [0.25, 0.3) is 11.3 Å². The van der Waals surface area contributed by atoms with Gasteiger partial charge in [0, 0.05) is 11.3 Å². The standard InChI is InChI=1S/C24H20N2/c1-4-11-19(12-5-1)22-17-10-18-23(26-22)24(20-13-6-2-7-14-20)25-21-15-8-3-9-16-21/h1-18,24-25H. The van der Waals surface area contributed by atoms with Gasteiger partial charge in [-0.1, -0.05) is 84.9 Å². The van der Waals surface area contributed by atoms with Crippen LogP contribution in [0, 0.1) is 0 Å². The summed E-state index contributed by atoms with van der Waals surface area (Å²) in [5, 5.41) is 3.63. The monoisotopic (exact) mass is 336 g/mol. The predicted octanol–water partition coefficient (Wildman–Crippen LogP) is 5.95. The number of pyridine rings is 1. The molecule has 2 heteroatoms. The Morgan fingerprint density at radius 1 is 0.577 bits per heavy atom. The summed E-state index contributed by atoms with van der Waals surface area (Å²) in [7, 11) is 0. The number of rotatable bonds is 5. The highest BCUT2D eigenvalue weighted by molar-refractivity contribution is 5.59. The summed E-state index contributed by atoms with van der Waals surface area (Å²) in [4.78, 5) is 4.95. The molecule has 1 atom stereocenters. The number of nitrogens with zero attached hydrogens (tertiary/aromatic N) is 1. The van der Waals surface area contributed by atoms with E-state index in [1.165, 1.54) is 5.56 Å². The molecule has 0 bridgehead atoms. The van der Waals surface area contributed by atoms with Crippen molar-refractivity contribution in [2.45, 2.75) is 6.04 Å². The van der Waals surface area contributed by atoms with E-state index in [0.29, 0.717) is 0 Å². The van der Waals surface area contributed by atoms with E-state index in [2.05, 4.69) is 72.0 Å². The van der Waals surface area contributed by atoms with Crippen LogP contribution < -0.4 is 5.32 Å². The van der Waals surface area contributed by atoms with Crippen molar-refractivity contribution in [3.8, 4) is 11.3 Å². The Hall–Kier alpha value is -3.39. The molecule has 1 unspecified atom stereocenters. The Morgan fingerprint density at radius 3 is 1.88 bits per heavy atom. The second-order valence-electron chi connectivity index (χ2n) is 6.17. The number of nitrogens with one attached hydrogen (secondary N) is 1. The maximum atomic E-state index is 4.95. The van der Waals surface area contributed by atoms with Crippen molar-refractivity contribution in [1.29, 1.82) is 0 Å². The molecule has 1 N–H and O–H groups in total. The molecule has 126 valence electrons. The van der Waals surface area contributed by atoms with Gasteiger partial charge in [0.15, 0.2) is 0 Å². The molecule has 0 amide bonds. The molecule has 0 saturated carbocycles. The summed E-state index contributed by atoms with van der Waals surface area (Å²) >= 11 is 0. The fourth-order valence-corrected chi connectivity index (χ4v) is 3.06. The first kappa shape index (κ1) is 16.1. The van der Waals surface area contributed by atoms with E-state index in [1.807, 2.05) is 42.5 Å². The summed E-state index contributed by atoms with van der Waals surface area (Å²) in [6.07, 6.45) is 0. The van der Waals surface area contributed by atoms with Crippen molar-refractivity contribution in [2.75, 3.05) is 5.32 Å². The molecule has 4 rings (SSSR count). The SMILES string of the molecule is c1ccc(NC(c2ccccc2)c2cccc(-c3ccccc3)n2)cc1. The van der Waals surface area contributed by atoms with Gasteiger partial charge in [-0.15, -0.1) is 0 Å². The Kier molecular flexibility index (Phi) is 4.74. The normalized spacial score (nSPS) is 11.7. The average Bonchev–Trinajstić information content (AvgIpc) is 2.74. The van der Waals surface area contributed by atoms with E-state index in [0.717, 1.165) is 22.6 Å². The summed E-state index contributed by atoms with van der Waals surface area (Å²) in [5.41, 5.74) is 5.38. The van der Waals surface area contributed by atoms with Gasteiger partial charge in [-0.25, -0.2) is 0 Å². The molecule has 26 heavy (non-hydrogen) atoms. The minimum atomic E-state index is -0.0118. The van der Waals surface area contributed by atoms with Crippen molar-refractivity contribution in [3.63, 3.8) is 0 Å². The predicted molar refractivity (Wildman–Crippen MR) is 108 cm³/mol. The second kappa shape index (κ2) is 7.66. The molecule has 3 aromatic carbocycles. The van der Waals surface area contributed by atoms with Crippen molar-refractivity contribution in [2.24, 2.45) is 0 Å². The Labute approximate surface area is 154 Å². The molecular formula is C24H20N2. The lowest BCUT2D eigenvalue weighted by molar-refractivity contribution is 0.889. The highest BCUT2D eigenvalue weighted by Gasteiger charge is 2.16. The van der Waals surface area contributed by atoms with Gasteiger partial charge < -0.3 is 5.32 Å². The molecule has 0 spiro atoms. The van der Waals surface area contributed by atoms with Crippen LogP contribution in [-0.2, 0) is 0 Å². The van der Waals surface area contributed by atoms with Crippen LogP contribution in [0.1, 0.15) is 17.3 Å². The Balaban J connectivity index is 1.74. The van der Waals surface area contributed by atoms with Gasteiger partial charge in [0.25, 0.3) is 0 Å². The van der Waals surface area contributed by atoms with Crippen molar-refractivity contribution in [3.05, 3.63) is 120 Å². The third kappa shape index (κ3) is 3.65. The van der Waals surface area contributed by atoms with Crippen LogP contribution in [0.15, 0.2) is 109 Å². The van der Waals surface area contributed by atoms with Crippen molar-refractivity contribution in [1.82, 2.24) is 4.98 Å². The summed E-state index contributed by atoms with van der Waals surface area (Å²) in [6.45, 7) is 0. The van der Waals surface area contributed by atoms with Gasteiger partial charge in [-0.2, -0.15) is 0 Å². The van der Waals surface area contributed by atoms with E-state index in [4.69, 9.17) is 4.98 Å². The van der Waals surface area contributed by atoms with Gasteiger partial charge in [0.2, 0.25) is 0 Å². The smallest absolute Gasteiger partial charge is 0.0940 e. The van der Waals surface area contributed by atoms with E-state index >= 15 is 0 Å². The number of hydrogen-bond donors (Lipinski definition) is 1. The Morgan fingerprint density at radius 2 is 1.19 bits per heavy atom. The number of hydrogen-bond acceptors (Lipinski definition) is 2. The fourth-order valence-electron chi connectivity index (χ4n) is 3.06. The number of para-hydroxylation sites is 1. The molecule has 4 aromatic rings. The maximum Gasteiger partial charge on any atom is 0.0940 e. The van der Waals surface area contributed by atoms with Crippen LogP contribution in [0.2, 0.25) is 0 Å². The summed E-state index contributed by atoms with van der Waals surface area (Å²) < 4.78 is 0. The van der Waals surface area contributed by atoms with Crippen LogP contribution in [0.3, 0.4) is 0 Å². The van der Waals surface area contributed by atoms with E-state index in [1.54, 1.807) is 0 Å². The molecule has 0 fully saturated rings. The van der Waals surface area contributed by atoms with E-state index in [9.17, 15) is 0 Å². The molecule has 1 heterocycles. The van der Waals surface area contributed by atoms with Crippen molar-refractivity contribution >= 4 is 5.69 Å². The number of benzene rings is 3. The molecule has 1 aromatic heterocycles. The van der Waals surface area contributed by atoms with E-state index in [-0.39, 0.29) is 6.04 Å². The lowest BCUT2D eigenvalue weighted by Crippen LogP contribution is -2.14. The molecule has 0 aliphatic rings. The summed E-state index contributed by atoms with van der Waals surface area (Å²) in [5.74, 6) is 0. The first-order valence-electron chi connectivity index (χ1n) is 8.79. The third-order valence-electron chi connectivity index (χ3n) is 4.35. The largest absolute Gasteiger partial charge is 0.373 e.